The van der Waals surface area contributed by atoms with Gasteiger partial charge in [0.05, 0.1) is 18.5 Å². The number of nitrogens with zero attached hydrogens (tertiary/aromatic N) is 2. The normalized spacial score (nSPS) is 17.9. The van der Waals surface area contributed by atoms with Gasteiger partial charge >= 0.3 is 0 Å². The first-order valence-electron chi connectivity index (χ1n) is 7.22. The van der Waals surface area contributed by atoms with Gasteiger partial charge in [0.25, 0.3) is 5.56 Å². The summed E-state index contributed by atoms with van der Waals surface area (Å²) in [5, 5.41) is 17.1. The number of aryl methyl sites for hydroxylation is 1. The van der Waals surface area contributed by atoms with Gasteiger partial charge in [-0.05, 0) is 19.8 Å². The number of nitrogens with one attached hydrogen (secondary N) is 1. The zero-order chi connectivity index (χ0) is 14.6. The van der Waals surface area contributed by atoms with E-state index in [0.29, 0.717) is 18.8 Å². The van der Waals surface area contributed by atoms with E-state index in [1.807, 2.05) is 6.92 Å². The fourth-order valence-corrected chi connectivity index (χ4v) is 3.00. The average molecular weight is 300 g/mol. The third kappa shape index (κ3) is 3.15. The number of aromatic nitrogens is 2. The molecule has 1 saturated carbocycles. The molecule has 1 aromatic rings. The molecule has 0 aliphatic heterocycles. The Balaban J connectivity index is 2.10. The molecule has 6 heteroatoms. The van der Waals surface area contributed by atoms with E-state index in [9.17, 15) is 9.90 Å². The standard InChI is InChI=1S/C14H22ClN3O2/c1-2-18-13(20)12(15)11(8-17-18)16-9-14(10-19)6-4-3-5-7-14/h8,16,19H,2-7,9-10H2,1H3. The second kappa shape index (κ2) is 6.59. The van der Waals surface area contributed by atoms with Crippen molar-refractivity contribution < 1.29 is 5.11 Å². The number of hydrogen-bond acceptors (Lipinski definition) is 4. The van der Waals surface area contributed by atoms with Crippen LogP contribution < -0.4 is 10.9 Å². The number of anilines is 1. The summed E-state index contributed by atoms with van der Waals surface area (Å²) in [6, 6.07) is 0. The van der Waals surface area contributed by atoms with Crippen LogP contribution in [0.5, 0.6) is 0 Å². The molecule has 0 atom stereocenters. The van der Waals surface area contributed by atoms with Crippen molar-refractivity contribution in [1.29, 1.82) is 0 Å². The molecule has 112 valence electrons. The monoisotopic (exact) mass is 299 g/mol. The van der Waals surface area contributed by atoms with Gasteiger partial charge < -0.3 is 10.4 Å². The Hall–Kier alpha value is -1.07. The van der Waals surface area contributed by atoms with Crippen LogP contribution in [0.25, 0.3) is 0 Å². The number of halogens is 1. The zero-order valence-electron chi connectivity index (χ0n) is 11.9. The average Bonchev–Trinajstić information content (AvgIpc) is 2.50. The van der Waals surface area contributed by atoms with Crippen molar-refractivity contribution in [2.75, 3.05) is 18.5 Å². The highest BCUT2D eigenvalue weighted by atomic mass is 35.5. The number of aliphatic hydroxyl groups excluding tert-OH is 1. The Morgan fingerprint density at radius 2 is 2.15 bits per heavy atom. The molecule has 1 heterocycles. The summed E-state index contributed by atoms with van der Waals surface area (Å²) in [5.41, 5.74) is 0.182. The van der Waals surface area contributed by atoms with Gasteiger partial charge in [0.2, 0.25) is 0 Å². The van der Waals surface area contributed by atoms with Gasteiger partial charge in [-0.1, -0.05) is 30.9 Å². The maximum absolute atomic E-state index is 11.9. The summed E-state index contributed by atoms with van der Waals surface area (Å²) >= 11 is 6.09. The molecular weight excluding hydrogens is 278 g/mol. The molecule has 1 aliphatic rings. The number of hydrogen-bond donors (Lipinski definition) is 2. The second-order valence-electron chi connectivity index (χ2n) is 5.57. The van der Waals surface area contributed by atoms with Crippen LogP contribution in [0.1, 0.15) is 39.0 Å². The van der Waals surface area contributed by atoms with E-state index in [0.717, 1.165) is 25.7 Å². The maximum atomic E-state index is 11.9. The lowest BCUT2D eigenvalue weighted by Gasteiger charge is -2.36. The lowest BCUT2D eigenvalue weighted by molar-refractivity contribution is 0.0944. The first-order chi connectivity index (χ1) is 9.62. The minimum Gasteiger partial charge on any atom is -0.396 e. The quantitative estimate of drug-likeness (QED) is 0.875. The first kappa shape index (κ1) is 15.3. The molecule has 0 saturated heterocycles. The summed E-state index contributed by atoms with van der Waals surface area (Å²) in [6.07, 6.45) is 7.12. The van der Waals surface area contributed by atoms with Crippen molar-refractivity contribution in [2.45, 2.75) is 45.6 Å². The van der Waals surface area contributed by atoms with Gasteiger partial charge in [-0.25, -0.2) is 4.68 Å². The lowest BCUT2D eigenvalue weighted by atomic mass is 9.74. The van der Waals surface area contributed by atoms with Crippen molar-refractivity contribution in [3.63, 3.8) is 0 Å². The summed E-state index contributed by atoms with van der Waals surface area (Å²) in [7, 11) is 0. The Bertz CT molecular complexity index is 510. The predicted molar refractivity (Wildman–Crippen MR) is 80.3 cm³/mol. The molecule has 1 fully saturated rings. The molecular formula is C14H22ClN3O2. The van der Waals surface area contributed by atoms with Crippen LogP contribution in [0.2, 0.25) is 5.02 Å². The minimum atomic E-state index is -0.277. The summed E-state index contributed by atoms with van der Waals surface area (Å²) < 4.78 is 1.33. The second-order valence-corrected chi connectivity index (χ2v) is 5.94. The number of rotatable bonds is 5. The smallest absolute Gasteiger partial charge is 0.287 e. The van der Waals surface area contributed by atoms with Crippen molar-refractivity contribution >= 4 is 17.3 Å². The van der Waals surface area contributed by atoms with Crippen LogP contribution in [0.3, 0.4) is 0 Å². The van der Waals surface area contributed by atoms with E-state index in [4.69, 9.17) is 11.6 Å². The molecule has 0 amide bonds. The van der Waals surface area contributed by atoms with Gasteiger partial charge in [0, 0.05) is 18.5 Å². The van der Waals surface area contributed by atoms with E-state index in [-0.39, 0.29) is 22.6 Å². The van der Waals surface area contributed by atoms with Crippen LogP contribution in [0.4, 0.5) is 5.69 Å². The Morgan fingerprint density at radius 3 is 2.75 bits per heavy atom. The molecule has 2 N–H and O–H groups in total. The topological polar surface area (TPSA) is 67.2 Å². The molecule has 0 aromatic carbocycles. The van der Waals surface area contributed by atoms with Gasteiger partial charge in [0.1, 0.15) is 5.02 Å². The van der Waals surface area contributed by atoms with Gasteiger partial charge in [-0.2, -0.15) is 5.10 Å². The highest BCUT2D eigenvalue weighted by molar-refractivity contribution is 6.32. The zero-order valence-corrected chi connectivity index (χ0v) is 12.6. The first-order valence-corrected chi connectivity index (χ1v) is 7.60. The van der Waals surface area contributed by atoms with Crippen molar-refractivity contribution in [3.8, 4) is 0 Å². The molecule has 5 nitrogen and oxygen atoms in total. The summed E-state index contributed by atoms with van der Waals surface area (Å²) in [5.74, 6) is 0. The summed E-state index contributed by atoms with van der Waals surface area (Å²) in [6.45, 7) is 3.14. The molecule has 0 bridgehead atoms. The van der Waals surface area contributed by atoms with E-state index in [2.05, 4.69) is 10.4 Å². The largest absolute Gasteiger partial charge is 0.396 e. The molecule has 0 radical (unpaired) electrons. The third-order valence-corrected chi connectivity index (χ3v) is 4.55. The third-order valence-electron chi connectivity index (χ3n) is 4.19. The molecule has 1 aromatic heterocycles. The van der Waals surface area contributed by atoms with E-state index < -0.39 is 0 Å². The maximum Gasteiger partial charge on any atom is 0.287 e. The van der Waals surface area contributed by atoms with Crippen LogP contribution in [0, 0.1) is 5.41 Å². The fraction of sp³-hybridized carbons (Fsp3) is 0.714. The Labute approximate surface area is 124 Å². The Morgan fingerprint density at radius 1 is 1.45 bits per heavy atom. The number of aliphatic hydroxyl groups is 1. The predicted octanol–water partition coefficient (Wildman–Crippen LogP) is 2.27. The fourth-order valence-electron chi connectivity index (χ4n) is 2.79. The van der Waals surface area contributed by atoms with Crippen LogP contribution in [-0.4, -0.2) is 28.0 Å². The molecule has 1 aliphatic carbocycles. The Kier molecular flexibility index (Phi) is 5.05. The molecule has 20 heavy (non-hydrogen) atoms. The molecule has 0 unspecified atom stereocenters. The van der Waals surface area contributed by atoms with Crippen molar-refractivity contribution in [1.82, 2.24) is 9.78 Å². The summed E-state index contributed by atoms with van der Waals surface area (Å²) in [4.78, 5) is 11.9. The van der Waals surface area contributed by atoms with Crippen LogP contribution in [-0.2, 0) is 6.54 Å². The van der Waals surface area contributed by atoms with E-state index >= 15 is 0 Å². The van der Waals surface area contributed by atoms with Crippen molar-refractivity contribution in [3.05, 3.63) is 21.6 Å². The van der Waals surface area contributed by atoms with Gasteiger partial charge in [-0.3, -0.25) is 4.79 Å². The van der Waals surface area contributed by atoms with Crippen LogP contribution in [0.15, 0.2) is 11.0 Å². The minimum absolute atomic E-state index is 0.0960. The molecule has 0 spiro atoms. The van der Waals surface area contributed by atoms with Gasteiger partial charge in [-0.15, -0.1) is 0 Å². The highest BCUT2D eigenvalue weighted by Gasteiger charge is 2.31. The van der Waals surface area contributed by atoms with Crippen molar-refractivity contribution in [2.24, 2.45) is 5.41 Å². The van der Waals surface area contributed by atoms with E-state index in [1.54, 1.807) is 6.20 Å². The van der Waals surface area contributed by atoms with E-state index in [1.165, 1.54) is 11.1 Å². The lowest BCUT2D eigenvalue weighted by Crippen LogP contribution is -2.36. The van der Waals surface area contributed by atoms with Gasteiger partial charge in [0.15, 0.2) is 0 Å². The van der Waals surface area contributed by atoms with Crippen LogP contribution >= 0.6 is 11.6 Å². The SMILES string of the molecule is CCn1ncc(NCC2(CO)CCCCC2)c(Cl)c1=O. The highest BCUT2D eigenvalue weighted by Crippen LogP contribution is 2.36. The molecule has 2 rings (SSSR count).